The van der Waals surface area contributed by atoms with Crippen molar-refractivity contribution in [3.8, 4) is 11.5 Å². The molecule has 1 saturated carbocycles. The van der Waals surface area contributed by atoms with Crippen molar-refractivity contribution in [1.29, 1.82) is 0 Å². The molecule has 2 aromatic rings. The normalized spacial score (nSPS) is 20.8. The van der Waals surface area contributed by atoms with Crippen molar-refractivity contribution in [3.63, 3.8) is 0 Å². The van der Waals surface area contributed by atoms with Crippen LogP contribution >= 0.6 is 0 Å². The van der Waals surface area contributed by atoms with Gasteiger partial charge in [-0.25, -0.2) is 5.01 Å². The molecule has 0 saturated heterocycles. The third kappa shape index (κ3) is 4.92. The van der Waals surface area contributed by atoms with Crippen molar-refractivity contribution in [3.05, 3.63) is 65.2 Å². The molecule has 2 aliphatic rings. The number of hydrazone groups is 1. The Labute approximate surface area is 193 Å². The summed E-state index contributed by atoms with van der Waals surface area (Å²) in [5.74, 6) is 0.0144. The molecule has 0 unspecified atom stereocenters. The maximum Gasteiger partial charge on any atom is 0.243 e. The van der Waals surface area contributed by atoms with Crippen LogP contribution in [0.2, 0.25) is 0 Å². The van der Waals surface area contributed by atoms with Crippen LogP contribution in [0.3, 0.4) is 0 Å². The number of allylic oxidation sites excluding steroid dienone is 1. The SMILES string of the molecule is COc1ccc(/C=C2\CCC[C@@H]3C2=NN(C(=O)CCC(=O)[O-])[C@@H]3c2ccc(OC)cc2)cc1. The van der Waals surface area contributed by atoms with Gasteiger partial charge in [-0.1, -0.05) is 24.3 Å². The molecule has 0 bridgehead atoms. The minimum absolute atomic E-state index is 0.0450. The lowest BCUT2D eigenvalue weighted by molar-refractivity contribution is -0.305. The highest BCUT2D eigenvalue weighted by atomic mass is 16.5. The predicted molar refractivity (Wildman–Crippen MR) is 123 cm³/mol. The van der Waals surface area contributed by atoms with Gasteiger partial charge in [-0.3, -0.25) is 4.79 Å². The van der Waals surface area contributed by atoms with E-state index in [0.717, 1.165) is 53.2 Å². The highest BCUT2D eigenvalue weighted by Crippen LogP contribution is 2.45. The van der Waals surface area contributed by atoms with Crippen LogP contribution in [0, 0.1) is 5.92 Å². The van der Waals surface area contributed by atoms with E-state index in [0.29, 0.717) is 0 Å². The average molecular weight is 448 g/mol. The number of hydrogen-bond donors (Lipinski definition) is 0. The quantitative estimate of drug-likeness (QED) is 0.649. The van der Waals surface area contributed by atoms with Crippen LogP contribution in [0.25, 0.3) is 6.08 Å². The van der Waals surface area contributed by atoms with Crippen LogP contribution in [0.4, 0.5) is 0 Å². The molecule has 33 heavy (non-hydrogen) atoms. The Morgan fingerprint density at radius 1 is 1.03 bits per heavy atom. The molecule has 0 N–H and O–H groups in total. The minimum Gasteiger partial charge on any atom is -0.550 e. The van der Waals surface area contributed by atoms with E-state index in [9.17, 15) is 14.7 Å². The molecule has 1 aliphatic heterocycles. The lowest BCUT2D eigenvalue weighted by atomic mass is 9.77. The van der Waals surface area contributed by atoms with Crippen LogP contribution in [0.1, 0.15) is 49.3 Å². The molecule has 1 fully saturated rings. The van der Waals surface area contributed by atoms with E-state index in [2.05, 4.69) is 6.08 Å². The summed E-state index contributed by atoms with van der Waals surface area (Å²) in [4.78, 5) is 23.9. The summed E-state index contributed by atoms with van der Waals surface area (Å²) in [6.07, 6.45) is 4.41. The van der Waals surface area contributed by atoms with Gasteiger partial charge in [0, 0.05) is 18.3 Å². The van der Waals surface area contributed by atoms with E-state index >= 15 is 0 Å². The molecule has 2 aromatic carbocycles. The molecule has 0 radical (unpaired) electrons. The molecule has 1 amide bonds. The summed E-state index contributed by atoms with van der Waals surface area (Å²) in [7, 11) is 3.25. The second-order valence-electron chi connectivity index (χ2n) is 8.26. The number of rotatable bonds is 7. The lowest BCUT2D eigenvalue weighted by Gasteiger charge is -2.29. The van der Waals surface area contributed by atoms with E-state index in [-0.39, 0.29) is 30.7 Å². The van der Waals surface area contributed by atoms with E-state index < -0.39 is 5.97 Å². The maximum absolute atomic E-state index is 13.0. The van der Waals surface area contributed by atoms with Gasteiger partial charge in [0.05, 0.1) is 26.0 Å². The largest absolute Gasteiger partial charge is 0.550 e. The van der Waals surface area contributed by atoms with Crippen LogP contribution in [-0.4, -0.2) is 36.8 Å². The van der Waals surface area contributed by atoms with Gasteiger partial charge in [-0.2, -0.15) is 5.10 Å². The highest BCUT2D eigenvalue weighted by Gasteiger charge is 2.43. The first kappa shape index (κ1) is 22.6. The predicted octanol–water partition coefficient (Wildman–Crippen LogP) is 3.36. The highest BCUT2D eigenvalue weighted by molar-refractivity contribution is 6.08. The third-order valence-corrected chi connectivity index (χ3v) is 6.21. The summed E-state index contributed by atoms with van der Waals surface area (Å²) in [5, 5.41) is 17.2. The molecule has 7 nitrogen and oxygen atoms in total. The zero-order valence-corrected chi connectivity index (χ0v) is 18.8. The van der Waals surface area contributed by atoms with E-state index in [1.807, 2.05) is 48.5 Å². The summed E-state index contributed by atoms with van der Waals surface area (Å²) in [5.41, 5.74) is 3.99. The van der Waals surface area contributed by atoms with Crippen molar-refractivity contribution in [2.24, 2.45) is 11.0 Å². The number of methoxy groups -OCH3 is 2. The minimum atomic E-state index is -1.24. The second-order valence-corrected chi connectivity index (χ2v) is 8.26. The first-order valence-electron chi connectivity index (χ1n) is 11.1. The van der Waals surface area contributed by atoms with Gasteiger partial charge in [0.25, 0.3) is 0 Å². The van der Waals surface area contributed by atoms with Crippen molar-refractivity contribution in [2.45, 2.75) is 38.1 Å². The topological polar surface area (TPSA) is 91.3 Å². The van der Waals surface area contributed by atoms with Gasteiger partial charge < -0.3 is 19.4 Å². The first-order valence-corrected chi connectivity index (χ1v) is 11.1. The lowest BCUT2D eigenvalue weighted by Crippen LogP contribution is -2.33. The van der Waals surface area contributed by atoms with Crippen molar-refractivity contribution in [2.75, 3.05) is 14.2 Å². The second kappa shape index (κ2) is 9.90. The molecule has 1 aliphatic carbocycles. The molecule has 0 aromatic heterocycles. The molecule has 4 rings (SSSR count). The summed E-state index contributed by atoms with van der Waals surface area (Å²) >= 11 is 0. The number of aliphatic carboxylic acids is 1. The molecule has 7 heteroatoms. The molecule has 0 spiro atoms. The molecular formula is C26H27N2O5-. The summed E-state index contributed by atoms with van der Waals surface area (Å²) in [6.45, 7) is 0. The van der Waals surface area contributed by atoms with Gasteiger partial charge in [0.2, 0.25) is 5.91 Å². The number of carboxylic acids is 1. The van der Waals surface area contributed by atoms with Gasteiger partial charge in [0.1, 0.15) is 11.5 Å². The molecule has 1 heterocycles. The number of carboxylic acid groups (broad SMARTS) is 1. The zero-order chi connectivity index (χ0) is 23.4. The van der Waals surface area contributed by atoms with Gasteiger partial charge in [0.15, 0.2) is 0 Å². The average Bonchev–Trinajstić information content (AvgIpc) is 3.24. The van der Waals surface area contributed by atoms with Crippen LogP contribution in [-0.2, 0) is 9.59 Å². The Kier molecular flexibility index (Phi) is 6.77. The smallest absolute Gasteiger partial charge is 0.243 e. The number of carbonyl (C=O) groups is 2. The van der Waals surface area contributed by atoms with Gasteiger partial charge >= 0.3 is 0 Å². The summed E-state index contributed by atoms with van der Waals surface area (Å²) < 4.78 is 10.5. The van der Waals surface area contributed by atoms with E-state index in [4.69, 9.17) is 14.6 Å². The fourth-order valence-electron chi connectivity index (χ4n) is 4.57. The number of ether oxygens (including phenoxy) is 2. The van der Waals surface area contributed by atoms with Crippen molar-refractivity contribution in [1.82, 2.24) is 5.01 Å². The number of nitrogens with zero attached hydrogens (tertiary/aromatic N) is 2. The van der Waals surface area contributed by atoms with Crippen LogP contribution in [0.15, 0.2) is 59.2 Å². The zero-order valence-electron chi connectivity index (χ0n) is 18.8. The number of hydrogen-bond acceptors (Lipinski definition) is 6. The first-order chi connectivity index (χ1) is 16.0. The monoisotopic (exact) mass is 447 g/mol. The number of benzene rings is 2. The van der Waals surface area contributed by atoms with E-state index in [1.165, 1.54) is 5.01 Å². The van der Waals surface area contributed by atoms with Crippen molar-refractivity contribution >= 4 is 23.7 Å². The van der Waals surface area contributed by atoms with Crippen LogP contribution < -0.4 is 14.6 Å². The number of fused-ring (bicyclic) bond motifs is 1. The van der Waals surface area contributed by atoms with Crippen molar-refractivity contribution < 1.29 is 24.2 Å². The molecular weight excluding hydrogens is 420 g/mol. The van der Waals surface area contributed by atoms with E-state index in [1.54, 1.807) is 14.2 Å². The Hall–Kier alpha value is -3.61. The summed E-state index contributed by atoms with van der Waals surface area (Å²) in [6, 6.07) is 15.2. The Morgan fingerprint density at radius 2 is 1.67 bits per heavy atom. The third-order valence-electron chi connectivity index (χ3n) is 6.21. The van der Waals surface area contributed by atoms with Gasteiger partial charge in [-0.05, 0) is 72.7 Å². The van der Waals surface area contributed by atoms with Gasteiger partial charge in [-0.15, -0.1) is 0 Å². The Morgan fingerprint density at radius 3 is 2.27 bits per heavy atom. The molecule has 2 atom stereocenters. The Balaban J connectivity index is 1.69. The number of amides is 1. The maximum atomic E-state index is 13.0. The van der Waals surface area contributed by atoms with Crippen LogP contribution in [0.5, 0.6) is 11.5 Å². The fraction of sp³-hybridized carbons (Fsp3) is 0.346. The molecule has 172 valence electrons. The number of carbonyl (C=O) groups excluding carboxylic acids is 2. The Bertz CT molecular complexity index is 1070. The standard InChI is InChI=1S/C26H28N2O5/c1-32-20-10-6-17(7-11-20)16-19-4-3-5-22-25(19)27-28(23(29)14-15-24(30)31)26(22)18-8-12-21(33-2)13-9-18/h6-13,16,22,26H,3-5,14-15H2,1-2H3,(H,30,31)/p-1/b19-16+/t22-,26-/m1/s1. The fourth-order valence-corrected chi connectivity index (χ4v) is 4.57.